The molecule has 1 amide bonds. The van der Waals surface area contributed by atoms with Crippen LogP contribution < -0.4 is 0 Å². The van der Waals surface area contributed by atoms with Gasteiger partial charge in [-0.25, -0.2) is 0 Å². The highest BCUT2D eigenvalue weighted by Gasteiger charge is 2.47. The number of piperidine rings is 1. The Bertz CT molecular complexity index is 592. The zero-order valence-electron chi connectivity index (χ0n) is 15.9. The standard InChI is InChI=1S/C18H31N5O2/c1-15-18(25-14-17(24)23(15)10-9-20(2)3)5-7-22(8-6-18)13-16-11-19-21(4)12-16/h11-12,15H,5-10,13-14H2,1-4H3/t15-/m1/s1. The lowest BCUT2D eigenvalue weighted by atomic mass is 9.82. The van der Waals surface area contributed by atoms with E-state index < -0.39 is 0 Å². The molecule has 0 aliphatic carbocycles. The molecule has 0 N–H and O–H groups in total. The Morgan fingerprint density at radius 2 is 2.08 bits per heavy atom. The average molecular weight is 349 g/mol. The minimum absolute atomic E-state index is 0.123. The number of likely N-dealkylation sites (N-methyl/N-ethyl adjacent to an activating group) is 1. The monoisotopic (exact) mass is 349 g/mol. The molecule has 0 aromatic carbocycles. The van der Waals surface area contributed by atoms with Gasteiger partial charge in [0.05, 0.1) is 17.8 Å². The van der Waals surface area contributed by atoms with E-state index in [1.165, 1.54) is 5.56 Å². The first kappa shape index (κ1) is 18.4. The van der Waals surface area contributed by atoms with Gasteiger partial charge in [0.15, 0.2) is 0 Å². The van der Waals surface area contributed by atoms with Crippen LogP contribution in [0, 0.1) is 0 Å². The number of amides is 1. The van der Waals surface area contributed by atoms with Crippen molar-refractivity contribution in [3.05, 3.63) is 18.0 Å². The summed E-state index contributed by atoms with van der Waals surface area (Å²) in [5.74, 6) is 0.123. The Morgan fingerprint density at radius 3 is 2.68 bits per heavy atom. The zero-order valence-corrected chi connectivity index (χ0v) is 15.9. The molecular formula is C18H31N5O2. The number of morpholine rings is 1. The Hall–Kier alpha value is -1.44. The van der Waals surface area contributed by atoms with Crippen molar-refractivity contribution in [2.75, 3.05) is 46.9 Å². The van der Waals surface area contributed by atoms with Crippen LogP contribution in [0.1, 0.15) is 25.3 Å². The molecule has 0 saturated carbocycles. The smallest absolute Gasteiger partial charge is 0.248 e. The molecule has 0 bridgehead atoms. The van der Waals surface area contributed by atoms with Gasteiger partial charge in [-0.2, -0.15) is 5.10 Å². The van der Waals surface area contributed by atoms with Gasteiger partial charge in [0.1, 0.15) is 6.61 Å². The number of nitrogens with zero attached hydrogens (tertiary/aromatic N) is 5. The maximum Gasteiger partial charge on any atom is 0.248 e. The third-order valence-electron chi connectivity index (χ3n) is 5.69. The second kappa shape index (κ2) is 7.43. The quantitative estimate of drug-likeness (QED) is 0.778. The number of carbonyl (C=O) groups excluding carboxylic acids is 1. The number of aromatic nitrogens is 2. The fourth-order valence-corrected chi connectivity index (χ4v) is 4.00. The average Bonchev–Trinajstić information content (AvgIpc) is 2.98. The summed E-state index contributed by atoms with van der Waals surface area (Å²) in [5, 5.41) is 4.25. The SMILES string of the molecule is C[C@H]1N(CCN(C)C)C(=O)COC12CCN(Cc1cnn(C)c1)CC2. The summed E-state index contributed by atoms with van der Waals surface area (Å²) in [6, 6.07) is 0.134. The predicted octanol–water partition coefficient (Wildman–Crippen LogP) is 0.564. The van der Waals surface area contributed by atoms with Crippen molar-refractivity contribution in [3.8, 4) is 0 Å². The minimum Gasteiger partial charge on any atom is -0.363 e. The van der Waals surface area contributed by atoms with Gasteiger partial charge in [-0.1, -0.05) is 0 Å². The molecule has 0 unspecified atom stereocenters. The van der Waals surface area contributed by atoms with Crippen LogP contribution in [0.4, 0.5) is 0 Å². The Kier molecular flexibility index (Phi) is 5.46. The fraction of sp³-hybridized carbons (Fsp3) is 0.778. The number of likely N-dealkylation sites (tertiary alicyclic amines) is 1. The van der Waals surface area contributed by atoms with E-state index in [0.29, 0.717) is 0 Å². The van der Waals surface area contributed by atoms with Crippen molar-refractivity contribution in [3.63, 3.8) is 0 Å². The third kappa shape index (κ3) is 4.04. The first-order valence-corrected chi connectivity index (χ1v) is 9.18. The highest BCUT2D eigenvalue weighted by atomic mass is 16.5. The molecule has 7 heteroatoms. The van der Waals surface area contributed by atoms with Gasteiger partial charge >= 0.3 is 0 Å². The lowest BCUT2D eigenvalue weighted by Crippen LogP contribution is -2.64. The Morgan fingerprint density at radius 1 is 1.36 bits per heavy atom. The molecule has 1 spiro atoms. The Balaban J connectivity index is 1.59. The van der Waals surface area contributed by atoms with E-state index in [0.717, 1.165) is 45.6 Å². The number of rotatable bonds is 5. The summed E-state index contributed by atoms with van der Waals surface area (Å²) in [4.78, 5) is 18.9. The highest BCUT2D eigenvalue weighted by molar-refractivity contribution is 5.78. The van der Waals surface area contributed by atoms with Crippen molar-refractivity contribution < 1.29 is 9.53 Å². The molecule has 140 valence electrons. The van der Waals surface area contributed by atoms with E-state index in [4.69, 9.17) is 4.74 Å². The molecule has 3 heterocycles. The molecule has 0 radical (unpaired) electrons. The van der Waals surface area contributed by atoms with E-state index in [1.54, 1.807) is 0 Å². The van der Waals surface area contributed by atoms with Crippen molar-refractivity contribution in [1.82, 2.24) is 24.5 Å². The maximum atomic E-state index is 12.3. The van der Waals surface area contributed by atoms with Crippen molar-refractivity contribution in [2.24, 2.45) is 7.05 Å². The molecule has 2 aliphatic heterocycles. The first-order valence-electron chi connectivity index (χ1n) is 9.18. The second-order valence-electron chi connectivity index (χ2n) is 7.72. The molecular weight excluding hydrogens is 318 g/mol. The van der Waals surface area contributed by atoms with Crippen LogP contribution in [0.25, 0.3) is 0 Å². The number of hydrogen-bond acceptors (Lipinski definition) is 5. The minimum atomic E-state index is -0.189. The molecule has 3 rings (SSSR count). The summed E-state index contributed by atoms with van der Waals surface area (Å²) in [5.41, 5.74) is 1.06. The van der Waals surface area contributed by atoms with Crippen LogP contribution in [0.3, 0.4) is 0 Å². The lowest BCUT2D eigenvalue weighted by molar-refractivity contribution is -0.187. The van der Waals surface area contributed by atoms with E-state index in [1.807, 2.05) is 36.9 Å². The van der Waals surface area contributed by atoms with Crippen molar-refractivity contribution in [2.45, 2.75) is 38.0 Å². The van der Waals surface area contributed by atoms with Crippen LogP contribution in [-0.4, -0.2) is 88.9 Å². The molecule has 2 fully saturated rings. The van der Waals surface area contributed by atoms with Crippen LogP contribution in [0.2, 0.25) is 0 Å². The van der Waals surface area contributed by atoms with Crippen LogP contribution in [0.15, 0.2) is 12.4 Å². The maximum absolute atomic E-state index is 12.3. The number of carbonyl (C=O) groups is 1. The van der Waals surface area contributed by atoms with Gasteiger partial charge in [0.2, 0.25) is 5.91 Å². The first-order chi connectivity index (χ1) is 11.9. The van der Waals surface area contributed by atoms with Gasteiger partial charge < -0.3 is 14.5 Å². The van der Waals surface area contributed by atoms with Gasteiger partial charge in [-0.3, -0.25) is 14.4 Å². The van der Waals surface area contributed by atoms with E-state index in [9.17, 15) is 4.79 Å². The molecule has 7 nitrogen and oxygen atoms in total. The molecule has 1 aromatic rings. The largest absolute Gasteiger partial charge is 0.363 e. The van der Waals surface area contributed by atoms with Gasteiger partial charge in [0.25, 0.3) is 0 Å². The van der Waals surface area contributed by atoms with Crippen molar-refractivity contribution >= 4 is 5.91 Å². The van der Waals surface area contributed by atoms with Crippen LogP contribution >= 0.6 is 0 Å². The number of ether oxygens (including phenoxy) is 1. The summed E-state index contributed by atoms with van der Waals surface area (Å²) >= 11 is 0. The van der Waals surface area contributed by atoms with Gasteiger partial charge in [-0.15, -0.1) is 0 Å². The van der Waals surface area contributed by atoms with E-state index in [-0.39, 0.29) is 24.2 Å². The van der Waals surface area contributed by atoms with Gasteiger partial charge in [0, 0.05) is 51.5 Å². The molecule has 1 atom stereocenters. The zero-order chi connectivity index (χ0) is 18.0. The highest BCUT2D eigenvalue weighted by Crippen LogP contribution is 2.35. The normalized spacial score (nSPS) is 24.4. The van der Waals surface area contributed by atoms with E-state index >= 15 is 0 Å². The summed E-state index contributed by atoms with van der Waals surface area (Å²) in [6.45, 7) is 6.96. The lowest BCUT2D eigenvalue weighted by Gasteiger charge is -2.51. The summed E-state index contributed by atoms with van der Waals surface area (Å²) in [6.07, 6.45) is 5.96. The Labute approximate surface area is 150 Å². The summed E-state index contributed by atoms with van der Waals surface area (Å²) in [7, 11) is 6.04. The van der Waals surface area contributed by atoms with Gasteiger partial charge in [-0.05, 0) is 33.9 Å². The molecule has 2 aliphatic rings. The summed E-state index contributed by atoms with van der Waals surface area (Å²) < 4.78 is 7.97. The number of hydrogen-bond donors (Lipinski definition) is 0. The number of aryl methyl sites for hydroxylation is 1. The second-order valence-corrected chi connectivity index (χ2v) is 7.72. The van der Waals surface area contributed by atoms with Crippen LogP contribution in [0.5, 0.6) is 0 Å². The van der Waals surface area contributed by atoms with Crippen LogP contribution in [-0.2, 0) is 23.1 Å². The molecule has 2 saturated heterocycles. The topological polar surface area (TPSA) is 53.8 Å². The van der Waals surface area contributed by atoms with E-state index in [2.05, 4.69) is 28.0 Å². The third-order valence-corrected chi connectivity index (χ3v) is 5.69. The molecule has 25 heavy (non-hydrogen) atoms. The van der Waals surface area contributed by atoms with Crippen molar-refractivity contribution in [1.29, 1.82) is 0 Å². The fourth-order valence-electron chi connectivity index (χ4n) is 4.00. The molecule has 1 aromatic heterocycles. The predicted molar refractivity (Wildman–Crippen MR) is 96.1 cm³/mol.